The van der Waals surface area contributed by atoms with Crippen molar-refractivity contribution in [1.29, 1.82) is 0 Å². The summed E-state index contributed by atoms with van der Waals surface area (Å²) in [6, 6.07) is 20.0. The van der Waals surface area contributed by atoms with E-state index in [1.54, 1.807) is 24.3 Å². The number of anilines is 2. The van der Waals surface area contributed by atoms with Crippen LogP contribution in [0, 0.1) is 5.82 Å². The fourth-order valence-corrected chi connectivity index (χ4v) is 3.61. The maximum atomic E-state index is 13.5. The average Bonchev–Trinajstić information content (AvgIpc) is 3.04. The molecule has 0 saturated heterocycles. The van der Waals surface area contributed by atoms with Crippen LogP contribution in [-0.2, 0) is 16.0 Å². The Hall–Kier alpha value is -3.93. The first-order chi connectivity index (χ1) is 15.5. The zero-order chi connectivity index (χ0) is 22.7. The number of benzene rings is 3. The number of amides is 2. The normalized spacial score (nSPS) is 13.7. The summed E-state index contributed by atoms with van der Waals surface area (Å²) in [5, 5.41) is 3.12. The molecule has 2 amide bonds. The predicted octanol–water partition coefficient (Wildman–Crippen LogP) is 5.18. The molecule has 0 atom stereocenters. The lowest BCUT2D eigenvalue weighted by molar-refractivity contribution is -0.120. The van der Waals surface area contributed by atoms with E-state index in [4.69, 9.17) is 4.74 Å². The highest BCUT2D eigenvalue weighted by Gasteiger charge is 2.40. The number of nitrogens with zero attached hydrogens (tertiary/aromatic N) is 1. The van der Waals surface area contributed by atoms with Gasteiger partial charge in [-0.05, 0) is 60.9 Å². The number of halogens is 1. The van der Waals surface area contributed by atoms with Gasteiger partial charge in [-0.25, -0.2) is 9.29 Å². The molecule has 1 aliphatic rings. The van der Waals surface area contributed by atoms with E-state index in [-0.39, 0.29) is 11.3 Å². The smallest absolute Gasteiger partial charge is 0.282 e. The van der Waals surface area contributed by atoms with Crippen LogP contribution in [0.3, 0.4) is 0 Å². The van der Waals surface area contributed by atoms with Crippen molar-refractivity contribution in [2.45, 2.75) is 20.3 Å². The van der Waals surface area contributed by atoms with Crippen molar-refractivity contribution in [3.8, 4) is 5.75 Å². The summed E-state index contributed by atoms with van der Waals surface area (Å²) < 4.78 is 19.0. The minimum atomic E-state index is -0.484. The molecular weight excluding hydrogens is 407 g/mol. The largest absolute Gasteiger partial charge is 0.494 e. The van der Waals surface area contributed by atoms with Crippen LogP contribution in [0.5, 0.6) is 5.75 Å². The number of rotatable bonds is 7. The molecule has 0 radical (unpaired) electrons. The van der Waals surface area contributed by atoms with Gasteiger partial charge in [0.1, 0.15) is 17.3 Å². The Morgan fingerprint density at radius 3 is 2.28 bits per heavy atom. The molecule has 1 N–H and O–H groups in total. The Kier molecular flexibility index (Phi) is 6.03. The molecule has 0 aliphatic carbocycles. The van der Waals surface area contributed by atoms with Gasteiger partial charge < -0.3 is 10.1 Å². The number of imide groups is 1. The summed E-state index contributed by atoms with van der Waals surface area (Å²) in [5.74, 6) is -0.826. The van der Waals surface area contributed by atoms with Gasteiger partial charge in [0.05, 0.1) is 17.9 Å². The molecule has 3 aromatic rings. The molecule has 5 nitrogen and oxygen atoms in total. The van der Waals surface area contributed by atoms with Gasteiger partial charge in [0, 0.05) is 11.8 Å². The van der Waals surface area contributed by atoms with Crippen molar-refractivity contribution in [3.05, 3.63) is 95.4 Å². The number of aryl methyl sites for hydroxylation is 1. The van der Waals surface area contributed by atoms with E-state index in [1.807, 2.05) is 31.2 Å². The Morgan fingerprint density at radius 2 is 1.62 bits per heavy atom. The third kappa shape index (κ3) is 4.12. The maximum absolute atomic E-state index is 13.5. The SMILES string of the molecule is CCOc1cccc(N2C(=O)C(Nc3ccc(CC)cc3)=C(c3ccc(F)cc3)C2=O)c1. The molecule has 0 unspecified atom stereocenters. The van der Waals surface area contributed by atoms with Gasteiger partial charge in [-0.1, -0.05) is 37.3 Å². The quantitative estimate of drug-likeness (QED) is 0.525. The highest BCUT2D eigenvalue weighted by molar-refractivity contribution is 6.46. The van der Waals surface area contributed by atoms with Gasteiger partial charge >= 0.3 is 0 Å². The molecule has 0 spiro atoms. The minimum absolute atomic E-state index is 0.146. The fourth-order valence-electron chi connectivity index (χ4n) is 3.61. The van der Waals surface area contributed by atoms with Crippen LogP contribution in [0.2, 0.25) is 0 Å². The number of hydrogen-bond donors (Lipinski definition) is 1. The minimum Gasteiger partial charge on any atom is -0.494 e. The van der Waals surface area contributed by atoms with Gasteiger partial charge in [-0.2, -0.15) is 0 Å². The molecule has 32 heavy (non-hydrogen) atoms. The summed E-state index contributed by atoms with van der Waals surface area (Å²) in [4.78, 5) is 28.0. The Labute approximate surface area is 186 Å². The Balaban J connectivity index is 1.77. The van der Waals surface area contributed by atoms with E-state index in [9.17, 15) is 14.0 Å². The second-order valence-corrected chi connectivity index (χ2v) is 7.31. The number of nitrogens with one attached hydrogen (secondary N) is 1. The number of carbonyl (C=O) groups is 2. The number of ether oxygens (including phenoxy) is 1. The Morgan fingerprint density at radius 1 is 0.906 bits per heavy atom. The van der Waals surface area contributed by atoms with Crippen molar-refractivity contribution < 1.29 is 18.7 Å². The topological polar surface area (TPSA) is 58.6 Å². The lowest BCUT2D eigenvalue weighted by atomic mass is 10.0. The van der Waals surface area contributed by atoms with Crippen molar-refractivity contribution in [2.24, 2.45) is 0 Å². The molecule has 1 heterocycles. The molecule has 162 valence electrons. The van der Waals surface area contributed by atoms with E-state index in [2.05, 4.69) is 12.2 Å². The van der Waals surface area contributed by atoms with E-state index >= 15 is 0 Å². The third-order valence-corrected chi connectivity index (χ3v) is 5.24. The summed E-state index contributed by atoms with van der Waals surface area (Å²) in [6.45, 7) is 4.38. The van der Waals surface area contributed by atoms with Gasteiger partial charge in [0.2, 0.25) is 0 Å². The first kappa shape index (κ1) is 21.3. The van der Waals surface area contributed by atoms with Crippen LogP contribution in [0.25, 0.3) is 5.57 Å². The highest BCUT2D eigenvalue weighted by atomic mass is 19.1. The summed E-state index contributed by atoms with van der Waals surface area (Å²) >= 11 is 0. The molecule has 1 aliphatic heterocycles. The average molecular weight is 430 g/mol. The summed E-state index contributed by atoms with van der Waals surface area (Å²) in [7, 11) is 0. The van der Waals surface area contributed by atoms with Gasteiger partial charge in [0.15, 0.2) is 0 Å². The van der Waals surface area contributed by atoms with Gasteiger partial charge in [-0.3, -0.25) is 9.59 Å². The second-order valence-electron chi connectivity index (χ2n) is 7.31. The van der Waals surface area contributed by atoms with Crippen LogP contribution < -0.4 is 15.0 Å². The zero-order valence-corrected chi connectivity index (χ0v) is 17.9. The fraction of sp³-hybridized carbons (Fsp3) is 0.154. The highest BCUT2D eigenvalue weighted by Crippen LogP contribution is 2.35. The van der Waals surface area contributed by atoms with Crippen molar-refractivity contribution >= 4 is 28.8 Å². The van der Waals surface area contributed by atoms with E-state index in [0.717, 1.165) is 16.9 Å². The van der Waals surface area contributed by atoms with E-state index < -0.39 is 17.6 Å². The molecule has 0 aromatic heterocycles. The second kappa shape index (κ2) is 9.06. The number of carbonyl (C=O) groups excluding carboxylic acids is 2. The maximum Gasteiger partial charge on any atom is 0.282 e. The molecule has 3 aromatic carbocycles. The third-order valence-electron chi connectivity index (χ3n) is 5.24. The Bertz CT molecular complexity index is 1180. The molecule has 0 saturated carbocycles. The van der Waals surface area contributed by atoms with E-state index in [0.29, 0.717) is 29.3 Å². The van der Waals surface area contributed by atoms with Gasteiger partial charge in [-0.15, -0.1) is 0 Å². The predicted molar refractivity (Wildman–Crippen MR) is 123 cm³/mol. The molecule has 4 rings (SSSR count). The van der Waals surface area contributed by atoms with Crippen LogP contribution in [0.1, 0.15) is 25.0 Å². The monoisotopic (exact) mass is 430 g/mol. The summed E-state index contributed by atoms with van der Waals surface area (Å²) in [6.07, 6.45) is 0.894. The molecule has 0 fully saturated rings. The van der Waals surface area contributed by atoms with Crippen LogP contribution in [0.15, 0.2) is 78.5 Å². The first-order valence-electron chi connectivity index (χ1n) is 10.5. The molecule has 6 heteroatoms. The van der Waals surface area contributed by atoms with Crippen LogP contribution in [0.4, 0.5) is 15.8 Å². The van der Waals surface area contributed by atoms with Crippen LogP contribution in [-0.4, -0.2) is 18.4 Å². The van der Waals surface area contributed by atoms with Crippen LogP contribution >= 0.6 is 0 Å². The van der Waals surface area contributed by atoms with Gasteiger partial charge in [0.25, 0.3) is 11.8 Å². The molecular formula is C26H23FN2O3. The lowest BCUT2D eigenvalue weighted by Gasteiger charge is -2.16. The van der Waals surface area contributed by atoms with E-state index in [1.165, 1.54) is 24.3 Å². The lowest BCUT2D eigenvalue weighted by Crippen LogP contribution is -2.32. The molecule has 0 bridgehead atoms. The summed E-state index contributed by atoms with van der Waals surface area (Å²) in [5.41, 5.74) is 3.04. The standard InChI is InChI=1S/C26H23FN2O3/c1-3-17-8-14-20(15-9-17)28-24-23(18-10-12-19(27)13-11-18)25(30)29(26(24)31)21-6-5-7-22(16-21)32-4-2/h5-16,28H,3-4H2,1-2H3. The van der Waals surface area contributed by atoms with Crippen molar-refractivity contribution in [2.75, 3.05) is 16.8 Å². The number of hydrogen-bond acceptors (Lipinski definition) is 4. The van der Waals surface area contributed by atoms with Crippen molar-refractivity contribution in [3.63, 3.8) is 0 Å². The van der Waals surface area contributed by atoms with Crippen molar-refractivity contribution in [1.82, 2.24) is 0 Å². The first-order valence-corrected chi connectivity index (χ1v) is 10.5. The zero-order valence-electron chi connectivity index (χ0n) is 17.9.